The summed E-state index contributed by atoms with van der Waals surface area (Å²) < 4.78 is 0. The predicted molar refractivity (Wildman–Crippen MR) is 140 cm³/mol. The Balaban J connectivity index is 1.18. The van der Waals surface area contributed by atoms with Crippen LogP contribution >= 0.6 is 11.8 Å². The topological polar surface area (TPSA) is 69.7 Å². The normalized spacial score (nSPS) is 18.3. The quantitative estimate of drug-likeness (QED) is 0.415. The third-order valence-corrected chi connectivity index (χ3v) is 8.05. The van der Waals surface area contributed by atoms with Crippen molar-refractivity contribution in [1.29, 1.82) is 0 Å². The van der Waals surface area contributed by atoms with Gasteiger partial charge in [-0.05, 0) is 56.7 Å². The third-order valence-electron chi connectivity index (χ3n) is 6.82. The van der Waals surface area contributed by atoms with E-state index in [1.165, 1.54) is 17.3 Å². The number of rotatable bonds is 9. The Bertz CT molecular complexity index is 1020. The predicted octanol–water partition coefficient (Wildman–Crippen LogP) is 4.42. The summed E-state index contributed by atoms with van der Waals surface area (Å²) in [5.41, 5.74) is 2.23. The van der Waals surface area contributed by atoms with Gasteiger partial charge in [-0.3, -0.25) is 14.4 Å². The summed E-state index contributed by atoms with van der Waals surface area (Å²) in [4.78, 5) is 43.1. The molecule has 1 unspecified atom stereocenters. The lowest BCUT2D eigenvalue weighted by molar-refractivity contribution is -0.135. The lowest BCUT2D eigenvalue weighted by Gasteiger charge is -2.37. The van der Waals surface area contributed by atoms with E-state index in [0.29, 0.717) is 26.1 Å². The minimum absolute atomic E-state index is 0.0958. The van der Waals surface area contributed by atoms with Crippen LogP contribution in [0.15, 0.2) is 59.5 Å². The number of aryl methyl sites for hydroxylation is 1. The van der Waals surface area contributed by atoms with Crippen LogP contribution in [0.2, 0.25) is 0 Å². The Morgan fingerprint density at radius 2 is 1.69 bits per heavy atom. The molecule has 6 nitrogen and oxygen atoms in total. The number of hydrogen-bond acceptors (Lipinski definition) is 4. The molecular weight excluding hydrogens is 458 g/mol. The van der Waals surface area contributed by atoms with Crippen molar-refractivity contribution in [2.24, 2.45) is 0 Å². The second kappa shape index (κ2) is 12.2. The highest BCUT2D eigenvalue weighted by Crippen LogP contribution is 2.39. The van der Waals surface area contributed by atoms with Gasteiger partial charge in [0.1, 0.15) is 0 Å². The number of para-hydroxylation sites is 1. The smallest absolute Gasteiger partial charge is 0.250 e. The van der Waals surface area contributed by atoms with Gasteiger partial charge >= 0.3 is 0 Å². The van der Waals surface area contributed by atoms with Gasteiger partial charge in [-0.15, -0.1) is 11.8 Å². The van der Waals surface area contributed by atoms with E-state index in [1.807, 2.05) is 37.3 Å². The van der Waals surface area contributed by atoms with Crippen molar-refractivity contribution in [2.75, 3.05) is 24.5 Å². The molecule has 2 aliphatic heterocycles. The van der Waals surface area contributed by atoms with Crippen molar-refractivity contribution >= 4 is 35.2 Å². The largest absolute Gasteiger partial charge is 0.353 e. The zero-order chi connectivity index (χ0) is 24.6. The molecule has 0 radical (unpaired) electrons. The zero-order valence-electron chi connectivity index (χ0n) is 20.4. The summed E-state index contributed by atoms with van der Waals surface area (Å²) in [5.74, 6) is -0.150. The average molecular weight is 494 g/mol. The van der Waals surface area contributed by atoms with Crippen LogP contribution in [-0.4, -0.2) is 53.5 Å². The van der Waals surface area contributed by atoms with Crippen LogP contribution in [0.4, 0.5) is 5.69 Å². The van der Waals surface area contributed by atoms with Crippen molar-refractivity contribution in [2.45, 2.75) is 68.1 Å². The minimum Gasteiger partial charge on any atom is -0.353 e. The van der Waals surface area contributed by atoms with Crippen molar-refractivity contribution in [3.63, 3.8) is 0 Å². The number of piperidine rings is 1. The first-order chi connectivity index (χ1) is 17.1. The monoisotopic (exact) mass is 493 g/mol. The second-order valence-corrected chi connectivity index (χ2v) is 10.4. The Hall–Kier alpha value is -2.80. The summed E-state index contributed by atoms with van der Waals surface area (Å²) >= 11 is 1.36. The third kappa shape index (κ3) is 6.45. The van der Waals surface area contributed by atoms with E-state index in [9.17, 15) is 14.4 Å². The van der Waals surface area contributed by atoms with Gasteiger partial charge in [0.2, 0.25) is 17.7 Å². The highest BCUT2D eigenvalue weighted by Gasteiger charge is 2.40. The molecule has 1 N–H and O–H groups in total. The molecule has 0 spiro atoms. The van der Waals surface area contributed by atoms with Gasteiger partial charge in [0.15, 0.2) is 5.25 Å². The fourth-order valence-corrected chi connectivity index (χ4v) is 6.03. The van der Waals surface area contributed by atoms with Crippen LogP contribution < -0.4 is 10.2 Å². The average Bonchev–Trinajstić information content (AvgIpc) is 2.89. The molecule has 186 valence electrons. The van der Waals surface area contributed by atoms with Gasteiger partial charge in [0.05, 0.1) is 5.69 Å². The summed E-state index contributed by atoms with van der Waals surface area (Å²) in [5, 5.41) is 2.42. The van der Waals surface area contributed by atoms with E-state index in [-0.39, 0.29) is 23.8 Å². The highest BCUT2D eigenvalue weighted by atomic mass is 32.2. The molecule has 0 saturated carbocycles. The van der Waals surface area contributed by atoms with Crippen LogP contribution in [0.5, 0.6) is 0 Å². The van der Waals surface area contributed by atoms with Gasteiger partial charge in [-0.25, -0.2) is 0 Å². The molecule has 2 aliphatic rings. The number of nitrogens with zero attached hydrogens (tertiary/aromatic N) is 2. The summed E-state index contributed by atoms with van der Waals surface area (Å²) in [6.45, 7) is 3.61. The number of carbonyl (C=O) groups is 3. The molecule has 0 aliphatic carbocycles. The number of anilines is 1. The fraction of sp³-hybridized carbons (Fsp3) is 0.464. The molecule has 2 heterocycles. The Labute approximate surface area is 212 Å². The maximum absolute atomic E-state index is 13.2. The summed E-state index contributed by atoms with van der Waals surface area (Å²) in [7, 11) is 0. The number of unbranched alkanes of at least 4 members (excludes halogenated alkanes) is 2. The van der Waals surface area contributed by atoms with E-state index < -0.39 is 5.25 Å². The number of amides is 3. The van der Waals surface area contributed by atoms with Crippen LogP contribution in [0.25, 0.3) is 0 Å². The standard InChI is InChI=1S/C28H35N3O3S/c1-2-31-23-14-9-10-15-24(23)35-26(28(31)34)27(33)30-19-17-22(18-20-30)29-25(32)16-8-4-7-13-21-11-5-3-6-12-21/h3,5-6,9-12,14-15,22,26H,2,4,7-8,13,16-20H2,1H3,(H,29,32). The Morgan fingerprint density at radius 3 is 2.43 bits per heavy atom. The van der Waals surface area contributed by atoms with Gasteiger partial charge in [0, 0.05) is 37.0 Å². The van der Waals surface area contributed by atoms with Crippen LogP contribution in [0, 0.1) is 0 Å². The number of nitrogens with one attached hydrogen (secondary N) is 1. The van der Waals surface area contributed by atoms with Gasteiger partial charge in [-0.1, -0.05) is 48.9 Å². The van der Waals surface area contributed by atoms with Crippen LogP contribution in [0.3, 0.4) is 0 Å². The van der Waals surface area contributed by atoms with Gasteiger partial charge in [-0.2, -0.15) is 0 Å². The van der Waals surface area contributed by atoms with E-state index >= 15 is 0 Å². The molecule has 3 amide bonds. The molecule has 0 bridgehead atoms. The zero-order valence-corrected chi connectivity index (χ0v) is 21.3. The van der Waals surface area contributed by atoms with Gasteiger partial charge in [0.25, 0.3) is 0 Å². The Morgan fingerprint density at radius 1 is 0.971 bits per heavy atom. The number of carbonyl (C=O) groups excluding carboxylic acids is 3. The first kappa shape index (κ1) is 25.3. The lowest BCUT2D eigenvalue weighted by atomic mass is 10.0. The maximum Gasteiger partial charge on any atom is 0.250 e. The molecule has 2 aromatic rings. The molecule has 1 saturated heterocycles. The molecule has 1 fully saturated rings. The second-order valence-electron chi connectivity index (χ2n) is 9.26. The number of thioether (sulfide) groups is 1. The Kier molecular flexibility index (Phi) is 8.85. The summed E-state index contributed by atoms with van der Waals surface area (Å²) in [6.07, 6.45) is 6.09. The fourth-order valence-electron chi connectivity index (χ4n) is 4.85. The molecular formula is C28H35N3O3S. The van der Waals surface area contributed by atoms with E-state index in [4.69, 9.17) is 0 Å². The maximum atomic E-state index is 13.2. The van der Waals surface area contributed by atoms with E-state index in [1.54, 1.807) is 9.80 Å². The molecule has 0 aromatic heterocycles. The molecule has 2 aromatic carbocycles. The number of hydrogen-bond donors (Lipinski definition) is 1. The lowest BCUT2D eigenvalue weighted by Crippen LogP contribution is -2.53. The summed E-state index contributed by atoms with van der Waals surface area (Å²) in [6, 6.07) is 18.3. The first-order valence-electron chi connectivity index (χ1n) is 12.8. The van der Waals surface area contributed by atoms with Crippen molar-refractivity contribution in [1.82, 2.24) is 10.2 Å². The highest BCUT2D eigenvalue weighted by molar-refractivity contribution is 8.01. The first-order valence-corrected chi connectivity index (χ1v) is 13.6. The number of benzene rings is 2. The molecule has 4 rings (SSSR count). The van der Waals surface area contributed by atoms with Crippen LogP contribution in [-0.2, 0) is 20.8 Å². The molecule has 35 heavy (non-hydrogen) atoms. The minimum atomic E-state index is -0.730. The van der Waals surface area contributed by atoms with E-state index in [0.717, 1.165) is 49.1 Å². The van der Waals surface area contributed by atoms with Gasteiger partial charge < -0.3 is 15.1 Å². The molecule has 1 atom stereocenters. The van der Waals surface area contributed by atoms with E-state index in [2.05, 4.69) is 29.6 Å². The van der Waals surface area contributed by atoms with Crippen molar-refractivity contribution < 1.29 is 14.4 Å². The van der Waals surface area contributed by atoms with Crippen molar-refractivity contribution in [3.8, 4) is 0 Å². The number of fused-ring (bicyclic) bond motifs is 1. The van der Waals surface area contributed by atoms with Crippen LogP contribution in [0.1, 0.15) is 51.0 Å². The molecule has 7 heteroatoms. The SMILES string of the molecule is CCN1C(=O)C(C(=O)N2CCC(NC(=O)CCCCCc3ccccc3)CC2)Sc2ccccc21. The number of likely N-dealkylation sites (tertiary alicyclic amines) is 1. The van der Waals surface area contributed by atoms with Crippen molar-refractivity contribution in [3.05, 3.63) is 60.2 Å².